The highest BCUT2D eigenvalue weighted by Crippen LogP contribution is 2.60. The van der Waals surface area contributed by atoms with Crippen LogP contribution in [0, 0.1) is 49.7 Å². The molecular formula is C18H20Cl2F2O2. The van der Waals surface area contributed by atoms with Crippen molar-refractivity contribution in [2.24, 2.45) is 17.3 Å². The molecule has 1 aliphatic carbocycles. The molecule has 0 bridgehead atoms. The van der Waals surface area contributed by atoms with E-state index < -0.39 is 17.6 Å². The lowest BCUT2D eigenvalue weighted by Gasteiger charge is -2.15. The zero-order chi connectivity index (χ0) is 18.4. The lowest BCUT2D eigenvalue weighted by molar-refractivity contribution is -0.147. The lowest BCUT2D eigenvalue weighted by atomic mass is 9.98. The Kier molecular flexibility index (Phi) is 5.31. The highest BCUT2D eigenvalue weighted by molar-refractivity contribution is 6.55. The van der Waals surface area contributed by atoms with E-state index in [1.165, 1.54) is 6.92 Å². The second-order valence-corrected chi connectivity index (χ2v) is 7.88. The third kappa shape index (κ3) is 3.31. The van der Waals surface area contributed by atoms with E-state index in [9.17, 15) is 13.6 Å². The Morgan fingerprint density at radius 2 is 1.62 bits per heavy atom. The molecule has 0 spiro atoms. The number of carbonyl (C=O) groups is 1. The van der Waals surface area contributed by atoms with Gasteiger partial charge < -0.3 is 4.74 Å². The van der Waals surface area contributed by atoms with Crippen LogP contribution < -0.4 is 0 Å². The normalized spacial score (nSPS) is 21.4. The zero-order valence-corrected chi connectivity index (χ0v) is 15.8. The average Bonchev–Trinajstić information content (AvgIpc) is 3.02. The average molecular weight is 377 g/mol. The first-order valence-electron chi connectivity index (χ1n) is 7.63. The minimum absolute atomic E-state index is 0.0228. The monoisotopic (exact) mass is 376 g/mol. The number of esters is 1. The number of allylic oxidation sites excluding steroid dienone is 1. The Morgan fingerprint density at radius 1 is 1.12 bits per heavy atom. The molecule has 0 radical (unpaired) electrons. The summed E-state index contributed by atoms with van der Waals surface area (Å²) in [5.74, 6) is -2.11. The van der Waals surface area contributed by atoms with E-state index in [0.717, 1.165) is 0 Å². The van der Waals surface area contributed by atoms with Gasteiger partial charge in [0.25, 0.3) is 0 Å². The van der Waals surface area contributed by atoms with Crippen LogP contribution in [0.1, 0.15) is 36.1 Å². The van der Waals surface area contributed by atoms with Crippen molar-refractivity contribution in [2.75, 3.05) is 0 Å². The fourth-order valence-corrected chi connectivity index (χ4v) is 3.50. The molecule has 6 heteroatoms. The van der Waals surface area contributed by atoms with E-state index in [2.05, 4.69) is 0 Å². The molecule has 0 amide bonds. The van der Waals surface area contributed by atoms with Crippen molar-refractivity contribution in [3.63, 3.8) is 0 Å². The number of hydrogen-bond acceptors (Lipinski definition) is 2. The van der Waals surface area contributed by atoms with Crippen molar-refractivity contribution in [2.45, 2.75) is 41.2 Å². The minimum atomic E-state index is -0.606. The summed E-state index contributed by atoms with van der Waals surface area (Å²) < 4.78 is 33.5. The van der Waals surface area contributed by atoms with Crippen molar-refractivity contribution in [3.05, 3.63) is 44.5 Å². The van der Waals surface area contributed by atoms with Crippen molar-refractivity contribution in [1.82, 2.24) is 0 Å². The standard InChI is InChI=1S/C18H20Cl2F2O2/c1-8-11(9(2)16(22)10(3)15(8)21)7-24-17(23)14-12(6-13(19)20)18(14,4)5/h6,12,14H,7H2,1-5H3/t12-,14+/m0/s1. The highest BCUT2D eigenvalue weighted by atomic mass is 35.5. The molecule has 0 aromatic heterocycles. The first kappa shape index (κ1) is 19.2. The third-order valence-electron chi connectivity index (χ3n) is 5.05. The first-order chi connectivity index (χ1) is 11.0. The van der Waals surface area contributed by atoms with Crippen LogP contribution in [-0.4, -0.2) is 5.97 Å². The van der Waals surface area contributed by atoms with Crippen molar-refractivity contribution < 1.29 is 18.3 Å². The van der Waals surface area contributed by atoms with Crippen molar-refractivity contribution >= 4 is 29.2 Å². The second kappa shape index (κ2) is 6.64. The van der Waals surface area contributed by atoms with Gasteiger partial charge in [-0.05, 0) is 49.3 Å². The second-order valence-electron chi connectivity index (χ2n) is 6.87. The molecule has 2 rings (SSSR count). The summed E-state index contributed by atoms with van der Waals surface area (Å²) in [6.07, 6.45) is 1.62. The molecule has 0 unspecified atom stereocenters. The van der Waals surface area contributed by atoms with E-state index in [4.69, 9.17) is 27.9 Å². The predicted octanol–water partition coefficient (Wildman–Crippen LogP) is 5.52. The third-order valence-corrected chi connectivity index (χ3v) is 5.30. The molecule has 132 valence electrons. The lowest BCUT2D eigenvalue weighted by Crippen LogP contribution is -2.13. The van der Waals surface area contributed by atoms with Gasteiger partial charge in [-0.1, -0.05) is 37.0 Å². The van der Waals surface area contributed by atoms with Gasteiger partial charge in [0.2, 0.25) is 0 Å². The Balaban J connectivity index is 2.16. The summed E-state index contributed by atoms with van der Waals surface area (Å²) >= 11 is 11.3. The van der Waals surface area contributed by atoms with Gasteiger partial charge in [0.05, 0.1) is 5.92 Å². The van der Waals surface area contributed by atoms with Crippen LogP contribution in [0.25, 0.3) is 0 Å². The number of ether oxygens (including phenoxy) is 1. The zero-order valence-electron chi connectivity index (χ0n) is 14.3. The maximum absolute atomic E-state index is 14.0. The number of halogens is 4. The van der Waals surface area contributed by atoms with Crippen LogP contribution >= 0.6 is 23.2 Å². The van der Waals surface area contributed by atoms with Crippen LogP contribution in [-0.2, 0) is 16.1 Å². The van der Waals surface area contributed by atoms with Gasteiger partial charge in [-0.3, -0.25) is 4.79 Å². The van der Waals surface area contributed by atoms with Crippen LogP contribution in [0.4, 0.5) is 8.78 Å². The highest BCUT2D eigenvalue weighted by Gasteiger charge is 2.61. The molecule has 0 N–H and O–H groups in total. The number of benzene rings is 1. The van der Waals surface area contributed by atoms with Crippen LogP contribution in [0.2, 0.25) is 0 Å². The summed E-state index contributed by atoms with van der Waals surface area (Å²) in [4.78, 5) is 12.3. The molecular weight excluding hydrogens is 357 g/mol. The van der Waals surface area contributed by atoms with Crippen molar-refractivity contribution in [3.8, 4) is 0 Å². The Morgan fingerprint density at radius 3 is 2.08 bits per heavy atom. The molecule has 2 atom stereocenters. The molecule has 2 nitrogen and oxygen atoms in total. The molecule has 0 heterocycles. The van der Waals surface area contributed by atoms with E-state index in [0.29, 0.717) is 16.7 Å². The molecule has 1 aliphatic rings. The number of hydrogen-bond donors (Lipinski definition) is 0. The van der Waals surface area contributed by atoms with Crippen LogP contribution in [0.5, 0.6) is 0 Å². The van der Waals surface area contributed by atoms with Gasteiger partial charge in [0.1, 0.15) is 22.7 Å². The summed E-state index contributed by atoms with van der Waals surface area (Å²) in [5.41, 5.74) is 0.638. The molecule has 1 fully saturated rings. The SMILES string of the molecule is Cc1c(F)c(C)c(COC(=O)[C@H]2[C@H](C=C(Cl)Cl)C2(C)C)c(C)c1F. The summed E-state index contributed by atoms with van der Waals surface area (Å²) in [6.45, 7) is 8.16. The van der Waals surface area contributed by atoms with Crippen LogP contribution in [0.3, 0.4) is 0 Å². The fourth-order valence-electron chi connectivity index (χ4n) is 3.23. The summed E-state index contributed by atoms with van der Waals surface area (Å²) in [5, 5.41) is 0. The first-order valence-corrected chi connectivity index (χ1v) is 8.38. The summed E-state index contributed by atoms with van der Waals surface area (Å²) in [7, 11) is 0. The van der Waals surface area contributed by atoms with E-state index in [1.807, 2.05) is 13.8 Å². The Labute approximate surface area is 150 Å². The van der Waals surface area contributed by atoms with Gasteiger partial charge in [0, 0.05) is 11.1 Å². The van der Waals surface area contributed by atoms with Gasteiger partial charge in [-0.15, -0.1) is 0 Å². The van der Waals surface area contributed by atoms with Crippen molar-refractivity contribution in [1.29, 1.82) is 0 Å². The number of rotatable bonds is 4. The topological polar surface area (TPSA) is 26.3 Å². The predicted molar refractivity (Wildman–Crippen MR) is 90.9 cm³/mol. The molecule has 1 saturated carbocycles. The maximum atomic E-state index is 14.0. The molecule has 1 aromatic rings. The molecule has 1 aromatic carbocycles. The minimum Gasteiger partial charge on any atom is -0.461 e. The quantitative estimate of drug-likeness (QED) is 0.646. The molecule has 0 aliphatic heterocycles. The Hall–Kier alpha value is -1.13. The van der Waals surface area contributed by atoms with Gasteiger partial charge in [-0.2, -0.15) is 0 Å². The van der Waals surface area contributed by atoms with E-state index in [1.54, 1.807) is 19.9 Å². The molecule has 24 heavy (non-hydrogen) atoms. The van der Waals surface area contributed by atoms with E-state index in [-0.39, 0.29) is 33.9 Å². The summed E-state index contributed by atoms with van der Waals surface area (Å²) in [6, 6.07) is 0. The van der Waals surface area contributed by atoms with Gasteiger partial charge in [0.15, 0.2) is 0 Å². The number of carbonyl (C=O) groups excluding carboxylic acids is 1. The largest absolute Gasteiger partial charge is 0.461 e. The molecule has 0 saturated heterocycles. The van der Waals surface area contributed by atoms with E-state index >= 15 is 0 Å². The van der Waals surface area contributed by atoms with Crippen LogP contribution in [0.15, 0.2) is 10.6 Å². The smallest absolute Gasteiger partial charge is 0.310 e. The Bertz CT molecular complexity index is 693. The maximum Gasteiger partial charge on any atom is 0.310 e. The van der Waals surface area contributed by atoms with Gasteiger partial charge in [-0.25, -0.2) is 8.78 Å². The fraction of sp³-hybridized carbons (Fsp3) is 0.500. The van der Waals surface area contributed by atoms with Gasteiger partial charge >= 0.3 is 5.97 Å².